The monoisotopic (exact) mass is 267 g/mol. The summed E-state index contributed by atoms with van der Waals surface area (Å²) in [6.45, 7) is 8.45. The van der Waals surface area contributed by atoms with Crippen LogP contribution >= 0.6 is 0 Å². The zero-order valence-electron chi connectivity index (χ0n) is 12.4. The second-order valence-corrected chi connectivity index (χ2v) is 5.62. The fourth-order valence-corrected chi connectivity index (χ4v) is 2.26. The van der Waals surface area contributed by atoms with Gasteiger partial charge in [0.2, 0.25) is 0 Å². The van der Waals surface area contributed by atoms with Gasteiger partial charge in [0.05, 0.1) is 12.2 Å². The second kappa shape index (κ2) is 7.61. The van der Waals surface area contributed by atoms with Crippen LogP contribution in [0.4, 0.5) is 4.39 Å². The molecular formula is C16H26FNO. The van der Waals surface area contributed by atoms with E-state index >= 15 is 0 Å². The molecule has 19 heavy (non-hydrogen) atoms. The number of ether oxygens (including phenoxy) is 1. The van der Waals surface area contributed by atoms with Gasteiger partial charge in [-0.3, -0.25) is 0 Å². The molecule has 0 aliphatic rings. The van der Waals surface area contributed by atoms with Crippen molar-refractivity contribution in [3.63, 3.8) is 0 Å². The van der Waals surface area contributed by atoms with E-state index in [1.165, 1.54) is 12.1 Å². The Morgan fingerprint density at radius 3 is 2.21 bits per heavy atom. The van der Waals surface area contributed by atoms with E-state index in [-0.39, 0.29) is 24.1 Å². The normalized spacial score (nSPS) is 16.4. The van der Waals surface area contributed by atoms with Crippen LogP contribution in [-0.4, -0.2) is 12.1 Å². The first-order valence-electron chi connectivity index (χ1n) is 7.10. The zero-order chi connectivity index (χ0) is 14.4. The summed E-state index contributed by atoms with van der Waals surface area (Å²) >= 11 is 0. The van der Waals surface area contributed by atoms with Gasteiger partial charge in [0.25, 0.3) is 0 Å². The molecule has 0 radical (unpaired) electrons. The maximum Gasteiger partial charge on any atom is 0.123 e. The summed E-state index contributed by atoms with van der Waals surface area (Å²) in [5.74, 6) is 0.351. The van der Waals surface area contributed by atoms with Gasteiger partial charge in [0.15, 0.2) is 0 Å². The molecule has 0 amide bonds. The van der Waals surface area contributed by atoms with Crippen molar-refractivity contribution in [3.8, 4) is 0 Å². The highest BCUT2D eigenvalue weighted by Crippen LogP contribution is 2.25. The Kier molecular flexibility index (Phi) is 6.46. The molecule has 3 atom stereocenters. The smallest absolute Gasteiger partial charge is 0.123 e. The third-order valence-electron chi connectivity index (χ3n) is 3.24. The molecule has 108 valence electrons. The van der Waals surface area contributed by atoms with Gasteiger partial charge in [0.1, 0.15) is 5.82 Å². The van der Waals surface area contributed by atoms with Gasteiger partial charge in [-0.05, 0) is 43.4 Å². The molecule has 2 N–H and O–H groups in total. The number of nitrogens with two attached hydrogens (primary N) is 1. The van der Waals surface area contributed by atoms with Gasteiger partial charge in [-0.25, -0.2) is 4.39 Å². The Balaban J connectivity index is 2.80. The molecule has 1 aromatic rings. The molecule has 0 heterocycles. The van der Waals surface area contributed by atoms with E-state index in [9.17, 15) is 4.39 Å². The first-order chi connectivity index (χ1) is 8.93. The van der Waals surface area contributed by atoms with Gasteiger partial charge in [-0.15, -0.1) is 0 Å². The lowest BCUT2D eigenvalue weighted by atomic mass is 9.99. The van der Waals surface area contributed by atoms with Crippen LogP contribution in [-0.2, 0) is 4.74 Å². The average Bonchev–Trinajstić information content (AvgIpc) is 2.35. The average molecular weight is 267 g/mol. The minimum absolute atomic E-state index is 0.0694. The van der Waals surface area contributed by atoms with Crippen LogP contribution in [0.1, 0.15) is 52.2 Å². The summed E-state index contributed by atoms with van der Waals surface area (Å²) in [4.78, 5) is 0. The highest BCUT2D eigenvalue weighted by molar-refractivity contribution is 5.20. The lowest BCUT2D eigenvalue weighted by molar-refractivity contribution is -0.0271. The van der Waals surface area contributed by atoms with Crippen molar-refractivity contribution in [1.29, 1.82) is 0 Å². The maximum atomic E-state index is 13.0. The molecule has 0 spiro atoms. The van der Waals surface area contributed by atoms with E-state index in [0.29, 0.717) is 5.92 Å². The van der Waals surface area contributed by atoms with Crippen LogP contribution in [0.15, 0.2) is 24.3 Å². The summed E-state index contributed by atoms with van der Waals surface area (Å²) in [5.41, 5.74) is 7.10. The Labute approximate surface area is 116 Å². The van der Waals surface area contributed by atoms with Crippen LogP contribution in [0.3, 0.4) is 0 Å². The van der Waals surface area contributed by atoms with Gasteiger partial charge in [0, 0.05) is 6.04 Å². The van der Waals surface area contributed by atoms with E-state index in [1.54, 1.807) is 12.1 Å². The Morgan fingerprint density at radius 2 is 1.74 bits per heavy atom. The van der Waals surface area contributed by atoms with Gasteiger partial charge in [-0.2, -0.15) is 0 Å². The Morgan fingerprint density at radius 1 is 1.16 bits per heavy atom. The predicted molar refractivity (Wildman–Crippen MR) is 77.4 cm³/mol. The number of rotatable bonds is 7. The first kappa shape index (κ1) is 16.1. The van der Waals surface area contributed by atoms with Gasteiger partial charge in [-0.1, -0.05) is 32.9 Å². The zero-order valence-corrected chi connectivity index (χ0v) is 12.4. The van der Waals surface area contributed by atoms with E-state index in [4.69, 9.17) is 10.5 Å². The Hall–Kier alpha value is -0.930. The molecule has 0 bridgehead atoms. The lowest BCUT2D eigenvalue weighted by Gasteiger charge is -2.28. The van der Waals surface area contributed by atoms with Crippen molar-refractivity contribution in [2.45, 2.75) is 58.8 Å². The van der Waals surface area contributed by atoms with E-state index in [1.807, 2.05) is 6.92 Å². The van der Waals surface area contributed by atoms with Crippen molar-refractivity contribution in [2.24, 2.45) is 11.7 Å². The van der Waals surface area contributed by atoms with Crippen molar-refractivity contribution >= 4 is 0 Å². The molecular weight excluding hydrogens is 241 g/mol. The largest absolute Gasteiger partial charge is 0.369 e. The topological polar surface area (TPSA) is 35.2 Å². The molecule has 1 aromatic carbocycles. The van der Waals surface area contributed by atoms with E-state index in [0.717, 1.165) is 18.4 Å². The molecule has 0 fully saturated rings. The minimum Gasteiger partial charge on any atom is -0.369 e. The SMILES string of the molecule is CCC(N)C(OC(C)CC(C)C)c1ccc(F)cc1. The van der Waals surface area contributed by atoms with Crippen LogP contribution in [0, 0.1) is 11.7 Å². The molecule has 0 aromatic heterocycles. The molecule has 0 aliphatic heterocycles. The lowest BCUT2D eigenvalue weighted by Crippen LogP contribution is -2.32. The quantitative estimate of drug-likeness (QED) is 0.808. The highest BCUT2D eigenvalue weighted by Gasteiger charge is 2.22. The molecule has 3 heteroatoms. The summed E-state index contributed by atoms with van der Waals surface area (Å²) in [7, 11) is 0. The molecule has 0 saturated heterocycles. The summed E-state index contributed by atoms with van der Waals surface area (Å²) in [6, 6.07) is 6.37. The van der Waals surface area contributed by atoms with Crippen LogP contribution in [0.25, 0.3) is 0 Å². The summed E-state index contributed by atoms with van der Waals surface area (Å²) in [5, 5.41) is 0. The number of hydrogen-bond acceptors (Lipinski definition) is 2. The minimum atomic E-state index is -0.234. The van der Waals surface area contributed by atoms with E-state index < -0.39 is 0 Å². The van der Waals surface area contributed by atoms with Crippen LogP contribution in [0.5, 0.6) is 0 Å². The molecule has 0 saturated carbocycles. The van der Waals surface area contributed by atoms with Crippen molar-refractivity contribution in [2.75, 3.05) is 0 Å². The van der Waals surface area contributed by atoms with Crippen molar-refractivity contribution < 1.29 is 9.13 Å². The molecule has 1 rings (SSSR count). The second-order valence-electron chi connectivity index (χ2n) is 5.62. The standard InChI is InChI=1S/C16H26FNO/c1-5-15(18)16(19-12(4)10-11(2)3)13-6-8-14(17)9-7-13/h6-9,11-12,15-16H,5,10,18H2,1-4H3. The third kappa shape index (κ3) is 5.29. The number of benzene rings is 1. The van der Waals surface area contributed by atoms with Crippen LogP contribution < -0.4 is 5.73 Å². The fraction of sp³-hybridized carbons (Fsp3) is 0.625. The first-order valence-corrected chi connectivity index (χ1v) is 7.10. The van der Waals surface area contributed by atoms with E-state index in [2.05, 4.69) is 20.8 Å². The summed E-state index contributed by atoms with van der Waals surface area (Å²) < 4.78 is 19.1. The summed E-state index contributed by atoms with van der Waals surface area (Å²) in [6.07, 6.45) is 1.80. The van der Waals surface area contributed by atoms with Crippen molar-refractivity contribution in [1.82, 2.24) is 0 Å². The van der Waals surface area contributed by atoms with Gasteiger partial charge < -0.3 is 10.5 Å². The highest BCUT2D eigenvalue weighted by atomic mass is 19.1. The molecule has 3 unspecified atom stereocenters. The molecule has 0 aliphatic carbocycles. The fourth-order valence-electron chi connectivity index (χ4n) is 2.26. The Bertz CT molecular complexity index is 364. The number of hydrogen-bond donors (Lipinski definition) is 1. The maximum absolute atomic E-state index is 13.0. The van der Waals surface area contributed by atoms with Crippen LogP contribution in [0.2, 0.25) is 0 Å². The van der Waals surface area contributed by atoms with Gasteiger partial charge >= 0.3 is 0 Å². The third-order valence-corrected chi connectivity index (χ3v) is 3.24. The molecule has 2 nitrogen and oxygen atoms in total. The predicted octanol–water partition coefficient (Wildman–Crippen LogP) is 4.06. The van der Waals surface area contributed by atoms with Crippen molar-refractivity contribution in [3.05, 3.63) is 35.6 Å². The number of halogens is 1.